The van der Waals surface area contributed by atoms with Gasteiger partial charge >= 0.3 is 0 Å². The number of hydrogen-bond acceptors (Lipinski definition) is 5. The lowest BCUT2D eigenvalue weighted by atomic mass is 9.96. The van der Waals surface area contributed by atoms with Gasteiger partial charge in [0, 0.05) is 45.8 Å². The first-order valence-electron chi connectivity index (χ1n) is 11.2. The van der Waals surface area contributed by atoms with Crippen molar-refractivity contribution >= 4 is 11.8 Å². The Labute approximate surface area is 183 Å². The third kappa shape index (κ3) is 5.28. The number of nitrogens with zero attached hydrogens (tertiary/aromatic N) is 3. The van der Waals surface area contributed by atoms with Gasteiger partial charge in [0.2, 0.25) is 5.91 Å². The zero-order chi connectivity index (χ0) is 21.6. The van der Waals surface area contributed by atoms with Crippen LogP contribution < -0.4 is 4.74 Å². The molecule has 0 saturated carbocycles. The van der Waals surface area contributed by atoms with Crippen LogP contribution in [0.4, 0.5) is 0 Å². The van der Waals surface area contributed by atoms with Crippen LogP contribution in [0.2, 0.25) is 0 Å². The molecule has 0 bridgehead atoms. The molecule has 0 aliphatic carbocycles. The van der Waals surface area contributed by atoms with Gasteiger partial charge in [-0.15, -0.1) is 0 Å². The second-order valence-corrected chi connectivity index (χ2v) is 8.25. The molecular weight excluding hydrogens is 394 g/mol. The topological polar surface area (TPSA) is 66.2 Å². The molecule has 1 unspecified atom stereocenters. The second-order valence-electron chi connectivity index (χ2n) is 8.25. The van der Waals surface area contributed by atoms with Crippen LogP contribution in [0.1, 0.15) is 35.9 Å². The Morgan fingerprint density at radius 1 is 1.03 bits per heavy atom. The number of amides is 2. The van der Waals surface area contributed by atoms with Gasteiger partial charge in [0.1, 0.15) is 5.75 Å². The van der Waals surface area contributed by atoms with E-state index in [0.717, 1.165) is 51.3 Å². The van der Waals surface area contributed by atoms with Crippen molar-refractivity contribution in [3.63, 3.8) is 0 Å². The van der Waals surface area contributed by atoms with E-state index in [0.29, 0.717) is 25.5 Å². The maximum absolute atomic E-state index is 13.1. The molecule has 2 aliphatic heterocycles. The van der Waals surface area contributed by atoms with Crippen LogP contribution in [0, 0.1) is 5.92 Å². The van der Waals surface area contributed by atoms with Crippen molar-refractivity contribution in [2.45, 2.75) is 26.3 Å². The quantitative estimate of drug-likeness (QED) is 0.712. The molecule has 3 heterocycles. The fraction of sp³-hybridized carbons (Fsp3) is 0.500. The SMILES string of the molecule is CCOc1ccc(CN2CCN(C(=O)C3CCCN(C(=O)c4ccco4)C3)CC2)cc1. The van der Waals surface area contributed by atoms with Crippen LogP contribution in [0.15, 0.2) is 47.1 Å². The van der Waals surface area contributed by atoms with E-state index in [9.17, 15) is 9.59 Å². The van der Waals surface area contributed by atoms with Gasteiger partial charge in [-0.2, -0.15) is 0 Å². The van der Waals surface area contributed by atoms with Crippen molar-refractivity contribution < 1.29 is 18.7 Å². The molecule has 166 valence electrons. The summed E-state index contributed by atoms with van der Waals surface area (Å²) in [5.41, 5.74) is 1.25. The minimum Gasteiger partial charge on any atom is -0.494 e. The van der Waals surface area contributed by atoms with Crippen LogP contribution in [0.5, 0.6) is 5.75 Å². The number of carbonyl (C=O) groups is 2. The molecule has 2 aliphatic rings. The first-order chi connectivity index (χ1) is 15.1. The molecule has 0 N–H and O–H groups in total. The van der Waals surface area contributed by atoms with Crippen molar-refractivity contribution in [1.29, 1.82) is 0 Å². The fourth-order valence-corrected chi connectivity index (χ4v) is 4.42. The second kappa shape index (κ2) is 10.0. The Kier molecular flexibility index (Phi) is 6.92. The van der Waals surface area contributed by atoms with E-state index in [4.69, 9.17) is 9.15 Å². The van der Waals surface area contributed by atoms with E-state index in [-0.39, 0.29) is 17.7 Å². The third-order valence-corrected chi connectivity index (χ3v) is 6.11. The van der Waals surface area contributed by atoms with E-state index in [1.165, 1.54) is 11.8 Å². The first kappa shape index (κ1) is 21.4. The Hall–Kier alpha value is -2.80. The minimum absolute atomic E-state index is 0.120. The molecule has 2 aromatic rings. The van der Waals surface area contributed by atoms with Crippen molar-refractivity contribution in [2.24, 2.45) is 5.92 Å². The van der Waals surface area contributed by atoms with Crippen molar-refractivity contribution in [1.82, 2.24) is 14.7 Å². The third-order valence-electron chi connectivity index (χ3n) is 6.11. The van der Waals surface area contributed by atoms with Crippen molar-refractivity contribution in [3.05, 3.63) is 54.0 Å². The Bertz CT molecular complexity index is 857. The van der Waals surface area contributed by atoms with Gasteiger partial charge in [0.05, 0.1) is 18.8 Å². The van der Waals surface area contributed by atoms with Gasteiger partial charge in [0.25, 0.3) is 5.91 Å². The highest BCUT2D eigenvalue weighted by molar-refractivity contribution is 5.92. The minimum atomic E-state index is -0.123. The molecule has 0 radical (unpaired) electrons. The van der Waals surface area contributed by atoms with Crippen LogP contribution in [0.3, 0.4) is 0 Å². The summed E-state index contributed by atoms with van der Waals surface area (Å²) < 4.78 is 10.7. The number of rotatable bonds is 6. The summed E-state index contributed by atoms with van der Waals surface area (Å²) in [5.74, 6) is 1.18. The lowest BCUT2D eigenvalue weighted by molar-refractivity contribution is -0.138. The Morgan fingerprint density at radius 2 is 1.81 bits per heavy atom. The monoisotopic (exact) mass is 425 g/mol. The lowest BCUT2D eigenvalue weighted by Crippen LogP contribution is -2.52. The standard InChI is InChI=1S/C24H31N3O4/c1-2-30-21-9-7-19(8-10-21)17-25-12-14-26(15-13-25)23(28)20-5-3-11-27(18-20)24(29)22-6-4-16-31-22/h4,6-10,16,20H,2-3,5,11-15,17-18H2,1H3. The number of ether oxygens (including phenoxy) is 1. The molecule has 4 rings (SSSR count). The van der Waals surface area contributed by atoms with E-state index < -0.39 is 0 Å². The van der Waals surface area contributed by atoms with E-state index in [1.807, 2.05) is 24.0 Å². The van der Waals surface area contributed by atoms with Gasteiger partial charge < -0.3 is 19.0 Å². The zero-order valence-electron chi connectivity index (χ0n) is 18.2. The average molecular weight is 426 g/mol. The molecule has 2 amide bonds. The van der Waals surface area contributed by atoms with E-state index in [1.54, 1.807) is 17.0 Å². The zero-order valence-corrected chi connectivity index (χ0v) is 18.2. The number of carbonyl (C=O) groups excluding carboxylic acids is 2. The molecule has 7 heteroatoms. The summed E-state index contributed by atoms with van der Waals surface area (Å²) in [6, 6.07) is 11.6. The number of benzene rings is 1. The van der Waals surface area contributed by atoms with Crippen molar-refractivity contribution in [2.75, 3.05) is 45.9 Å². The molecule has 31 heavy (non-hydrogen) atoms. The highest BCUT2D eigenvalue weighted by Gasteiger charge is 2.33. The van der Waals surface area contributed by atoms with Crippen molar-refractivity contribution in [3.8, 4) is 5.75 Å². The number of piperidine rings is 1. The number of piperazine rings is 1. The highest BCUT2D eigenvalue weighted by Crippen LogP contribution is 2.22. The van der Waals surface area contributed by atoms with E-state index in [2.05, 4.69) is 17.0 Å². The average Bonchev–Trinajstić information content (AvgIpc) is 3.35. The van der Waals surface area contributed by atoms with Gasteiger partial charge in [0.15, 0.2) is 5.76 Å². The number of hydrogen-bond donors (Lipinski definition) is 0. The summed E-state index contributed by atoms with van der Waals surface area (Å²) in [6.07, 6.45) is 3.19. The van der Waals surface area contributed by atoms with Crippen LogP contribution in [-0.4, -0.2) is 72.4 Å². The smallest absolute Gasteiger partial charge is 0.289 e. The Morgan fingerprint density at radius 3 is 2.48 bits per heavy atom. The van der Waals surface area contributed by atoms with Crippen LogP contribution >= 0.6 is 0 Å². The van der Waals surface area contributed by atoms with Gasteiger partial charge in [-0.25, -0.2) is 0 Å². The predicted octanol–water partition coefficient (Wildman–Crippen LogP) is 2.87. The van der Waals surface area contributed by atoms with Gasteiger partial charge in [-0.05, 0) is 49.6 Å². The highest BCUT2D eigenvalue weighted by atomic mass is 16.5. The Balaban J connectivity index is 1.26. The molecule has 2 fully saturated rings. The van der Waals surface area contributed by atoms with Crippen LogP contribution in [-0.2, 0) is 11.3 Å². The molecule has 1 atom stereocenters. The predicted molar refractivity (Wildman–Crippen MR) is 117 cm³/mol. The summed E-state index contributed by atoms with van der Waals surface area (Å²) in [7, 11) is 0. The molecule has 2 saturated heterocycles. The summed E-state index contributed by atoms with van der Waals surface area (Å²) >= 11 is 0. The molecular formula is C24H31N3O4. The summed E-state index contributed by atoms with van der Waals surface area (Å²) in [6.45, 7) is 7.88. The molecule has 0 spiro atoms. The lowest BCUT2D eigenvalue weighted by Gasteiger charge is -2.39. The van der Waals surface area contributed by atoms with E-state index >= 15 is 0 Å². The summed E-state index contributed by atoms with van der Waals surface area (Å²) in [4.78, 5) is 31.8. The van der Waals surface area contributed by atoms with Crippen LogP contribution in [0.25, 0.3) is 0 Å². The molecule has 1 aromatic heterocycles. The largest absolute Gasteiger partial charge is 0.494 e. The number of furan rings is 1. The molecule has 1 aromatic carbocycles. The first-order valence-corrected chi connectivity index (χ1v) is 11.2. The van der Waals surface area contributed by atoms with Gasteiger partial charge in [-0.1, -0.05) is 12.1 Å². The molecule has 7 nitrogen and oxygen atoms in total. The maximum Gasteiger partial charge on any atom is 0.289 e. The normalized spacial score (nSPS) is 20.0. The number of likely N-dealkylation sites (tertiary alicyclic amines) is 1. The maximum atomic E-state index is 13.1. The summed E-state index contributed by atoms with van der Waals surface area (Å²) in [5, 5.41) is 0. The van der Waals surface area contributed by atoms with Gasteiger partial charge in [-0.3, -0.25) is 14.5 Å². The fourth-order valence-electron chi connectivity index (χ4n) is 4.42.